The van der Waals surface area contributed by atoms with Gasteiger partial charge in [0.05, 0.1) is 24.4 Å². The number of nitrogens with one attached hydrogen (secondary N) is 1. The van der Waals surface area contributed by atoms with Gasteiger partial charge in [0.15, 0.2) is 0 Å². The first kappa shape index (κ1) is 14.2. The highest BCUT2D eigenvalue weighted by molar-refractivity contribution is 5.79. The van der Waals surface area contributed by atoms with Crippen LogP contribution in [0.1, 0.15) is 18.3 Å². The molecule has 0 aliphatic rings. The number of pyridine rings is 1. The summed E-state index contributed by atoms with van der Waals surface area (Å²) in [5.41, 5.74) is 2.66. The molecule has 0 fully saturated rings. The van der Waals surface area contributed by atoms with Crippen molar-refractivity contribution in [3.8, 4) is 0 Å². The smallest absolute Gasteiger partial charge is 0.226 e. The fraction of sp³-hybridized carbons (Fsp3) is 0.333. The van der Waals surface area contributed by atoms with Gasteiger partial charge in [-0.1, -0.05) is 6.07 Å². The third kappa shape index (κ3) is 2.98. The molecular formula is C15H18N6O. The van der Waals surface area contributed by atoms with E-state index < -0.39 is 0 Å². The lowest BCUT2D eigenvalue weighted by molar-refractivity contribution is -0.121. The second kappa shape index (κ2) is 5.97. The van der Waals surface area contributed by atoms with E-state index >= 15 is 0 Å². The monoisotopic (exact) mass is 298 g/mol. The van der Waals surface area contributed by atoms with E-state index in [0.29, 0.717) is 13.0 Å². The summed E-state index contributed by atoms with van der Waals surface area (Å²) in [4.78, 5) is 20.6. The molecule has 0 aromatic carbocycles. The van der Waals surface area contributed by atoms with E-state index in [1.807, 2.05) is 42.6 Å². The quantitative estimate of drug-likeness (QED) is 0.762. The molecule has 1 atom stereocenters. The Morgan fingerprint density at radius 1 is 1.41 bits per heavy atom. The van der Waals surface area contributed by atoms with Gasteiger partial charge in [0.1, 0.15) is 18.3 Å². The minimum Gasteiger partial charge on any atom is -0.351 e. The zero-order valence-electron chi connectivity index (χ0n) is 12.6. The number of amides is 1. The summed E-state index contributed by atoms with van der Waals surface area (Å²) in [6, 6.07) is 5.78. The predicted molar refractivity (Wildman–Crippen MR) is 81.3 cm³/mol. The Labute approximate surface area is 128 Å². The summed E-state index contributed by atoms with van der Waals surface area (Å²) in [6.07, 6.45) is 5.35. The molecule has 3 aromatic rings. The van der Waals surface area contributed by atoms with Crippen LogP contribution >= 0.6 is 0 Å². The number of nitrogens with zero attached hydrogens (tertiary/aromatic N) is 5. The van der Waals surface area contributed by atoms with E-state index in [4.69, 9.17) is 0 Å². The summed E-state index contributed by atoms with van der Waals surface area (Å²) in [5.74, 6) is -0.0265. The maximum absolute atomic E-state index is 12.2. The third-order valence-electron chi connectivity index (χ3n) is 3.49. The van der Waals surface area contributed by atoms with E-state index in [-0.39, 0.29) is 11.9 Å². The Balaban J connectivity index is 1.67. The Kier molecular flexibility index (Phi) is 3.86. The maximum Gasteiger partial charge on any atom is 0.226 e. The minimum atomic E-state index is -0.0265. The number of aromatic nitrogens is 5. The molecule has 22 heavy (non-hydrogen) atoms. The van der Waals surface area contributed by atoms with Crippen LogP contribution < -0.4 is 5.32 Å². The van der Waals surface area contributed by atoms with Crippen LogP contribution in [0.2, 0.25) is 0 Å². The molecule has 0 bridgehead atoms. The molecule has 0 aliphatic heterocycles. The molecule has 1 N–H and O–H groups in total. The van der Waals surface area contributed by atoms with Crippen molar-refractivity contribution < 1.29 is 4.79 Å². The van der Waals surface area contributed by atoms with Gasteiger partial charge < -0.3 is 9.72 Å². The summed E-state index contributed by atoms with van der Waals surface area (Å²) in [7, 11) is 0. The van der Waals surface area contributed by atoms with E-state index in [1.54, 1.807) is 11.0 Å². The normalized spacial score (nSPS) is 12.5. The number of imidazole rings is 1. The average Bonchev–Trinajstić information content (AvgIpc) is 3.08. The maximum atomic E-state index is 12.2. The van der Waals surface area contributed by atoms with E-state index in [1.165, 1.54) is 6.33 Å². The molecule has 0 unspecified atom stereocenters. The number of hydrogen-bond donors (Lipinski definition) is 1. The summed E-state index contributed by atoms with van der Waals surface area (Å²) in [5, 5.41) is 7.01. The minimum absolute atomic E-state index is 0.0197. The standard InChI is InChI=1S/C15H18N6O/c1-11(8-20-10-16-9-17-20)18-15(22)7-13-12(2)19-14-5-3-4-6-21(13)14/h3-6,9-11H,7-8H2,1-2H3,(H,18,22)/t11-/m0/s1. The molecule has 0 aliphatic carbocycles. The Hall–Kier alpha value is -2.70. The van der Waals surface area contributed by atoms with E-state index in [9.17, 15) is 4.79 Å². The third-order valence-corrected chi connectivity index (χ3v) is 3.49. The Bertz CT molecular complexity index is 777. The molecule has 0 radical (unpaired) electrons. The molecule has 114 valence electrons. The van der Waals surface area contributed by atoms with Crippen molar-refractivity contribution in [3.05, 3.63) is 48.4 Å². The molecule has 3 heterocycles. The van der Waals surface area contributed by atoms with Gasteiger partial charge >= 0.3 is 0 Å². The zero-order chi connectivity index (χ0) is 15.5. The van der Waals surface area contributed by atoms with Crippen molar-refractivity contribution in [1.29, 1.82) is 0 Å². The summed E-state index contributed by atoms with van der Waals surface area (Å²) in [6.45, 7) is 4.47. The molecule has 3 aromatic heterocycles. The highest BCUT2D eigenvalue weighted by Crippen LogP contribution is 2.12. The molecule has 1 amide bonds. The second-order valence-electron chi connectivity index (χ2n) is 5.34. The van der Waals surface area contributed by atoms with Crippen LogP contribution in [0.3, 0.4) is 0 Å². The number of carbonyl (C=O) groups excluding carboxylic acids is 1. The zero-order valence-corrected chi connectivity index (χ0v) is 12.6. The molecule has 0 saturated carbocycles. The van der Waals surface area contributed by atoms with Gasteiger partial charge in [0, 0.05) is 12.2 Å². The van der Waals surface area contributed by atoms with Crippen molar-refractivity contribution in [2.24, 2.45) is 0 Å². The van der Waals surface area contributed by atoms with Crippen LogP contribution in [0.4, 0.5) is 0 Å². The van der Waals surface area contributed by atoms with Gasteiger partial charge in [-0.3, -0.25) is 9.48 Å². The van der Waals surface area contributed by atoms with Crippen LogP contribution in [0.5, 0.6) is 0 Å². The van der Waals surface area contributed by atoms with Crippen molar-refractivity contribution in [2.75, 3.05) is 0 Å². The molecule has 0 saturated heterocycles. The summed E-state index contributed by atoms with van der Waals surface area (Å²) < 4.78 is 3.65. The Morgan fingerprint density at radius 3 is 3.05 bits per heavy atom. The van der Waals surface area contributed by atoms with Crippen molar-refractivity contribution >= 4 is 11.6 Å². The number of hydrogen-bond acceptors (Lipinski definition) is 4. The number of rotatable bonds is 5. The van der Waals surface area contributed by atoms with Gasteiger partial charge in [-0.05, 0) is 26.0 Å². The first-order chi connectivity index (χ1) is 10.6. The Morgan fingerprint density at radius 2 is 2.27 bits per heavy atom. The van der Waals surface area contributed by atoms with Gasteiger partial charge in [-0.2, -0.15) is 5.10 Å². The SMILES string of the molecule is Cc1nc2ccccn2c1CC(=O)N[C@@H](C)Cn1cncn1. The fourth-order valence-electron chi connectivity index (χ4n) is 2.51. The van der Waals surface area contributed by atoms with Gasteiger partial charge in [-0.25, -0.2) is 9.97 Å². The van der Waals surface area contributed by atoms with Crippen LogP contribution in [0, 0.1) is 6.92 Å². The number of aryl methyl sites for hydroxylation is 1. The second-order valence-corrected chi connectivity index (χ2v) is 5.34. The molecular weight excluding hydrogens is 280 g/mol. The lowest BCUT2D eigenvalue weighted by Gasteiger charge is -2.13. The fourth-order valence-corrected chi connectivity index (χ4v) is 2.51. The lowest BCUT2D eigenvalue weighted by Crippen LogP contribution is -2.37. The van der Waals surface area contributed by atoms with Crippen molar-refractivity contribution in [3.63, 3.8) is 0 Å². The predicted octanol–water partition coefficient (Wildman–Crippen LogP) is 0.982. The number of carbonyl (C=O) groups is 1. The lowest BCUT2D eigenvalue weighted by atomic mass is 10.2. The molecule has 7 heteroatoms. The molecule has 7 nitrogen and oxygen atoms in total. The van der Waals surface area contributed by atoms with Crippen LogP contribution in [-0.4, -0.2) is 36.1 Å². The average molecular weight is 298 g/mol. The van der Waals surface area contributed by atoms with E-state index in [2.05, 4.69) is 20.4 Å². The first-order valence-corrected chi connectivity index (χ1v) is 7.18. The summed E-state index contributed by atoms with van der Waals surface area (Å²) >= 11 is 0. The first-order valence-electron chi connectivity index (χ1n) is 7.18. The van der Waals surface area contributed by atoms with Crippen molar-refractivity contribution in [1.82, 2.24) is 29.5 Å². The van der Waals surface area contributed by atoms with Gasteiger partial charge in [-0.15, -0.1) is 0 Å². The van der Waals surface area contributed by atoms with Crippen LogP contribution in [0.25, 0.3) is 5.65 Å². The molecule has 3 rings (SSSR count). The highest BCUT2D eigenvalue weighted by Gasteiger charge is 2.14. The topological polar surface area (TPSA) is 77.1 Å². The van der Waals surface area contributed by atoms with Gasteiger partial charge in [0.25, 0.3) is 0 Å². The van der Waals surface area contributed by atoms with Crippen LogP contribution in [-0.2, 0) is 17.8 Å². The number of fused-ring (bicyclic) bond motifs is 1. The van der Waals surface area contributed by atoms with Crippen LogP contribution in [0.15, 0.2) is 37.1 Å². The van der Waals surface area contributed by atoms with Crippen molar-refractivity contribution in [2.45, 2.75) is 32.9 Å². The van der Waals surface area contributed by atoms with Gasteiger partial charge in [0.2, 0.25) is 5.91 Å². The highest BCUT2D eigenvalue weighted by atomic mass is 16.1. The largest absolute Gasteiger partial charge is 0.351 e. The van der Waals surface area contributed by atoms with E-state index in [0.717, 1.165) is 17.0 Å². The molecule has 0 spiro atoms.